The van der Waals surface area contributed by atoms with Crippen LogP contribution in [0.5, 0.6) is 11.5 Å². The van der Waals surface area contributed by atoms with Gasteiger partial charge in [-0.3, -0.25) is 5.41 Å². The normalized spacial score (nSPS) is 10.2. The maximum Gasteiger partial charge on any atom is 0.162 e. The van der Waals surface area contributed by atoms with Gasteiger partial charge in [0.1, 0.15) is 12.4 Å². The molecular weight excluding hydrogens is 266 g/mol. The van der Waals surface area contributed by atoms with Crippen LogP contribution in [0.3, 0.4) is 0 Å². The van der Waals surface area contributed by atoms with E-state index in [4.69, 9.17) is 26.4 Å². The van der Waals surface area contributed by atoms with Crippen molar-refractivity contribution in [2.45, 2.75) is 13.2 Å². The van der Waals surface area contributed by atoms with Gasteiger partial charge in [-0.15, -0.1) is 0 Å². The number of nitrogens with two attached hydrogens (primary N) is 2. The van der Waals surface area contributed by atoms with E-state index >= 15 is 0 Å². The lowest BCUT2D eigenvalue weighted by atomic mass is 10.1. The summed E-state index contributed by atoms with van der Waals surface area (Å²) >= 11 is 0. The first kappa shape index (κ1) is 14.9. The van der Waals surface area contributed by atoms with Crippen LogP contribution in [-0.4, -0.2) is 12.9 Å². The van der Waals surface area contributed by atoms with Crippen LogP contribution >= 0.6 is 0 Å². The SMILES string of the molecule is COc1ccc(C(=N)N)cc1OCc1ccc(CN)cc1. The monoisotopic (exact) mass is 285 g/mol. The fraction of sp³-hybridized carbons (Fsp3) is 0.188. The number of hydrogen-bond donors (Lipinski definition) is 3. The molecule has 2 aromatic rings. The number of amidine groups is 1. The number of benzene rings is 2. The van der Waals surface area contributed by atoms with Crippen LogP contribution in [-0.2, 0) is 13.2 Å². The van der Waals surface area contributed by atoms with Gasteiger partial charge in [-0.2, -0.15) is 0 Å². The summed E-state index contributed by atoms with van der Waals surface area (Å²) in [5, 5.41) is 7.47. The summed E-state index contributed by atoms with van der Waals surface area (Å²) in [6, 6.07) is 13.1. The van der Waals surface area contributed by atoms with Crippen LogP contribution in [0.25, 0.3) is 0 Å². The van der Waals surface area contributed by atoms with E-state index in [-0.39, 0.29) is 5.84 Å². The van der Waals surface area contributed by atoms with Crippen LogP contribution in [0.2, 0.25) is 0 Å². The average molecular weight is 285 g/mol. The van der Waals surface area contributed by atoms with Crippen molar-refractivity contribution in [3.05, 3.63) is 59.2 Å². The summed E-state index contributed by atoms with van der Waals surface area (Å²) in [7, 11) is 1.58. The molecule has 0 aliphatic rings. The fourth-order valence-corrected chi connectivity index (χ4v) is 1.89. The Bertz CT molecular complexity index is 624. The van der Waals surface area contributed by atoms with Crippen LogP contribution in [0.4, 0.5) is 0 Å². The first-order valence-electron chi connectivity index (χ1n) is 6.57. The molecule has 2 aromatic carbocycles. The zero-order valence-corrected chi connectivity index (χ0v) is 11.9. The molecule has 0 atom stereocenters. The molecule has 0 aliphatic heterocycles. The molecule has 21 heavy (non-hydrogen) atoms. The van der Waals surface area contributed by atoms with Crippen LogP contribution in [0, 0.1) is 5.41 Å². The number of rotatable bonds is 6. The second kappa shape index (κ2) is 6.76. The zero-order valence-electron chi connectivity index (χ0n) is 11.9. The lowest BCUT2D eigenvalue weighted by Gasteiger charge is -2.12. The Balaban J connectivity index is 2.13. The van der Waals surface area contributed by atoms with Gasteiger partial charge in [0.15, 0.2) is 11.5 Å². The van der Waals surface area contributed by atoms with Gasteiger partial charge < -0.3 is 20.9 Å². The maximum atomic E-state index is 7.47. The molecule has 0 heterocycles. The predicted molar refractivity (Wildman–Crippen MR) is 82.7 cm³/mol. The highest BCUT2D eigenvalue weighted by atomic mass is 16.5. The van der Waals surface area contributed by atoms with Gasteiger partial charge in [0.05, 0.1) is 7.11 Å². The molecule has 0 radical (unpaired) electrons. The van der Waals surface area contributed by atoms with E-state index in [0.29, 0.717) is 30.2 Å². The minimum absolute atomic E-state index is 0.00481. The molecule has 0 fully saturated rings. The minimum Gasteiger partial charge on any atom is -0.493 e. The van der Waals surface area contributed by atoms with Gasteiger partial charge in [-0.25, -0.2) is 0 Å². The molecule has 5 N–H and O–H groups in total. The third-order valence-electron chi connectivity index (χ3n) is 3.13. The van der Waals surface area contributed by atoms with Crippen molar-refractivity contribution in [3.63, 3.8) is 0 Å². The van der Waals surface area contributed by atoms with Crippen molar-refractivity contribution < 1.29 is 9.47 Å². The molecule has 0 amide bonds. The summed E-state index contributed by atoms with van der Waals surface area (Å²) < 4.78 is 11.0. The van der Waals surface area contributed by atoms with Gasteiger partial charge in [0, 0.05) is 12.1 Å². The summed E-state index contributed by atoms with van der Waals surface area (Å²) in [5.41, 5.74) is 13.8. The van der Waals surface area contributed by atoms with Crippen molar-refractivity contribution in [2.75, 3.05) is 7.11 Å². The van der Waals surface area contributed by atoms with Crippen LogP contribution in [0.1, 0.15) is 16.7 Å². The van der Waals surface area contributed by atoms with E-state index in [2.05, 4.69) is 0 Å². The number of methoxy groups -OCH3 is 1. The van der Waals surface area contributed by atoms with Crippen molar-refractivity contribution in [2.24, 2.45) is 11.5 Å². The summed E-state index contributed by atoms with van der Waals surface area (Å²) in [4.78, 5) is 0. The lowest BCUT2D eigenvalue weighted by molar-refractivity contribution is 0.284. The van der Waals surface area contributed by atoms with Gasteiger partial charge >= 0.3 is 0 Å². The molecular formula is C16H19N3O2. The average Bonchev–Trinajstić information content (AvgIpc) is 2.53. The highest BCUT2D eigenvalue weighted by molar-refractivity contribution is 5.95. The molecule has 2 rings (SSSR count). The quantitative estimate of drug-likeness (QED) is 0.559. The minimum atomic E-state index is -0.00481. The standard InChI is InChI=1S/C16H19N3O2/c1-20-14-7-6-13(16(18)19)8-15(14)21-10-12-4-2-11(9-17)3-5-12/h2-8H,9-10,17H2,1H3,(H3,18,19). The molecule has 5 heteroatoms. The molecule has 0 saturated carbocycles. The van der Waals surface area contributed by atoms with Gasteiger partial charge in [0.25, 0.3) is 0 Å². The topological polar surface area (TPSA) is 94.3 Å². The molecule has 0 spiro atoms. The Labute approximate surface area is 124 Å². The van der Waals surface area contributed by atoms with E-state index in [1.165, 1.54) is 0 Å². The second-order valence-corrected chi connectivity index (χ2v) is 4.59. The van der Waals surface area contributed by atoms with E-state index in [1.54, 1.807) is 25.3 Å². The Morgan fingerprint density at radius 3 is 2.29 bits per heavy atom. The third kappa shape index (κ3) is 3.73. The number of ether oxygens (including phenoxy) is 2. The Morgan fingerprint density at radius 1 is 1.05 bits per heavy atom. The van der Waals surface area contributed by atoms with Crippen molar-refractivity contribution in [3.8, 4) is 11.5 Å². The smallest absolute Gasteiger partial charge is 0.162 e. The molecule has 5 nitrogen and oxygen atoms in total. The summed E-state index contributed by atoms with van der Waals surface area (Å²) in [6.45, 7) is 0.929. The number of nitrogens with one attached hydrogen (secondary N) is 1. The highest BCUT2D eigenvalue weighted by Crippen LogP contribution is 2.28. The van der Waals surface area contributed by atoms with Crippen LogP contribution < -0.4 is 20.9 Å². The van der Waals surface area contributed by atoms with E-state index in [0.717, 1.165) is 11.1 Å². The van der Waals surface area contributed by atoms with E-state index in [1.807, 2.05) is 24.3 Å². The first-order valence-corrected chi connectivity index (χ1v) is 6.57. The third-order valence-corrected chi connectivity index (χ3v) is 3.13. The van der Waals surface area contributed by atoms with Gasteiger partial charge in [0.2, 0.25) is 0 Å². The van der Waals surface area contributed by atoms with E-state index < -0.39 is 0 Å². The van der Waals surface area contributed by atoms with Crippen molar-refractivity contribution in [1.82, 2.24) is 0 Å². The summed E-state index contributed by atoms with van der Waals surface area (Å²) in [6.07, 6.45) is 0. The van der Waals surface area contributed by atoms with E-state index in [9.17, 15) is 0 Å². The predicted octanol–water partition coefficient (Wildman–Crippen LogP) is 2.02. The van der Waals surface area contributed by atoms with Gasteiger partial charge in [-0.1, -0.05) is 24.3 Å². The molecule has 0 aromatic heterocycles. The summed E-state index contributed by atoms with van der Waals surface area (Å²) in [5.74, 6) is 1.17. The fourth-order valence-electron chi connectivity index (χ4n) is 1.89. The lowest BCUT2D eigenvalue weighted by Crippen LogP contribution is -2.11. The molecule has 0 bridgehead atoms. The van der Waals surface area contributed by atoms with Crippen molar-refractivity contribution >= 4 is 5.84 Å². The number of hydrogen-bond acceptors (Lipinski definition) is 4. The van der Waals surface area contributed by atoms with Crippen molar-refractivity contribution in [1.29, 1.82) is 5.41 Å². The Hall–Kier alpha value is -2.53. The largest absolute Gasteiger partial charge is 0.493 e. The Kier molecular flexibility index (Phi) is 4.79. The van der Waals surface area contributed by atoms with Crippen LogP contribution in [0.15, 0.2) is 42.5 Å². The molecule has 0 unspecified atom stereocenters. The first-order chi connectivity index (χ1) is 10.1. The maximum absolute atomic E-state index is 7.47. The second-order valence-electron chi connectivity index (χ2n) is 4.59. The molecule has 0 aliphatic carbocycles. The van der Waals surface area contributed by atoms with Gasteiger partial charge in [-0.05, 0) is 29.3 Å². The Morgan fingerprint density at radius 2 is 1.71 bits per heavy atom. The molecule has 0 saturated heterocycles. The highest BCUT2D eigenvalue weighted by Gasteiger charge is 2.07. The zero-order chi connectivity index (χ0) is 15.2. The molecule has 110 valence electrons. The number of nitrogen functional groups attached to an aromatic ring is 1.